The Morgan fingerprint density at radius 2 is 1.77 bits per heavy atom. The number of hydrogen-bond donors (Lipinski definition) is 1. The summed E-state index contributed by atoms with van der Waals surface area (Å²) in [5, 5.41) is 7.88. The minimum atomic E-state index is -0.519. The van der Waals surface area contributed by atoms with Crippen LogP contribution >= 0.6 is 12.2 Å². The van der Waals surface area contributed by atoms with Crippen molar-refractivity contribution in [3.05, 3.63) is 83.4 Å². The van der Waals surface area contributed by atoms with Gasteiger partial charge in [0.05, 0.1) is 17.1 Å². The molecular weight excluding hydrogens is 408 g/mol. The van der Waals surface area contributed by atoms with Gasteiger partial charge in [-0.1, -0.05) is 48.6 Å². The summed E-state index contributed by atoms with van der Waals surface area (Å²) in [6, 6.07) is 17.1. The maximum atomic E-state index is 13.8. The summed E-state index contributed by atoms with van der Waals surface area (Å²) in [5.41, 5.74) is 1.78. The van der Waals surface area contributed by atoms with Crippen molar-refractivity contribution < 1.29 is 4.79 Å². The fourth-order valence-electron chi connectivity index (χ4n) is 4.09. The summed E-state index contributed by atoms with van der Waals surface area (Å²) in [6.07, 6.45) is 5.39. The first-order chi connectivity index (χ1) is 15.2. The van der Waals surface area contributed by atoms with Crippen molar-refractivity contribution >= 4 is 34.8 Å². The van der Waals surface area contributed by atoms with E-state index < -0.39 is 6.04 Å². The average molecular weight is 431 g/mol. The number of nitrogens with one attached hydrogen (secondary N) is 1. The monoisotopic (exact) mass is 430 g/mol. The summed E-state index contributed by atoms with van der Waals surface area (Å²) in [4.78, 5) is 22.3. The number of aromatic amines is 1. The van der Waals surface area contributed by atoms with Crippen LogP contribution in [0.3, 0.4) is 0 Å². The van der Waals surface area contributed by atoms with Crippen LogP contribution in [0.2, 0.25) is 0 Å². The lowest BCUT2D eigenvalue weighted by molar-refractivity contribution is -0.133. The number of rotatable bonds is 4. The minimum Gasteiger partial charge on any atom is -0.353 e. The van der Waals surface area contributed by atoms with Gasteiger partial charge in [0.25, 0.3) is 0 Å². The Bertz CT molecular complexity index is 1250. The molecule has 1 unspecified atom stereocenters. The molecule has 5 rings (SSSR count). The van der Waals surface area contributed by atoms with E-state index in [9.17, 15) is 4.79 Å². The van der Waals surface area contributed by atoms with E-state index in [1.807, 2.05) is 70.3 Å². The molecule has 1 fully saturated rings. The van der Waals surface area contributed by atoms with E-state index in [0.717, 1.165) is 35.4 Å². The zero-order valence-electron chi connectivity index (χ0n) is 16.9. The molecule has 0 radical (unpaired) electrons. The molecule has 156 valence electrons. The van der Waals surface area contributed by atoms with Crippen molar-refractivity contribution in [2.75, 3.05) is 31.1 Å². The second-order valence-electron chi connectivity index (χ2n) is 7.54. The highest BCUT2D eigenvalue weighted by Crippen LogP contribution is 2.25. The molecule has 1 aliphatic heterocycles. The van der Waals surface area contributed by atoms with Crippen LogP contribution in [0.1, 0.15) is 11.6 Å². The maximum Gasteiger partial charge on any atom is 0.250 e. The number of benzene rings is 1. The van der Waals surface area contributed by atoms with Gasteiger partial charge in [0.1, 0.15) is 16.5 Å². The van der Waals surface area contributed by atoms with Gasteiger partial charge in [0.2, 0.25) is 5.91 Å². The van der Waals surface area contributed by atoms with Gasteiger partial charge >= 0.3 is 0 Å². The van der Waals surface area contributed by atoms with E-state index in [0.29, 0.717) is 17.7 Å². The molecule has 1 saturated heterocycles. The number of pyridine rings is 2. The molecular formula is C23H22N6OS. The highest BCUT2D eigenvalue weighted by atomic mass is 32.1. The number of fused-ring (bicyclic) bond motifs is 1. The largest absolute Gasteiger partial charge is 0.353 e. The quantitative estimate of drug-likeness (QED) is 0.503. The molecule has 0 spiro atoms. The molecule has 31 heavy (non-hydrogen) atoms. The number of piperazine rings is 1. The van der Waals surface area contributed by atoms with Crippen LogP contribution in [0.5, 0.6) is 0 Å². The molecule has 0 saturated carbocycles. The molecule has 4 heterocycles. The van der Waals surface area contributed by atoms with Gasteiger partial charge in [-0.25, -0.2) is 4.98 Å². The molecule has 7 nitrogen and oxygen atoms in total. The van der Waals surface area contributed by atoms with Gasteiger partial charge < -0.3 is 14.4 Å². The molecule has 1 aromatic carbocycles. The number of carbonyl (C=O) groups excluding carboxylic acids is 1. The van der Waals surface area contributed by atoms with Crippen LogP contribution in [0.15, 0.2) is 73.2 Å². The molecule has 0 bridgehead atoms. The highest BCUT2D eigenvalue weighted by molar-refractivity contribution is 7.71. The van der Waals surface area contributed by atoms with E-state index >= 15 is 0 Å². The number of hydrogen-bond acceptors (Lipinski definition) is 5. The number of aromatic nitrogens is 4. The van der Waals surface area contributed by atoms with Gasteiger partial charge in [-0.15, -0.1) is 0 Å². The van der Waals surface area contributed by atoms with Crippen molar-refractivity contribution in [1.29, 1.82) is 0 Å². The Morgan fingerprint density at radius 3 is 2.52 bits per heavy atom. The topological polar surface area (TPSA) is 70.1 Å². The number of H-pyrrole nitrogens is 1. The number of amides is 1. The SMILES string of the molecule is O=C(C(c1ccccc1)n1ccc2[nH]ncc2c1=S)N1CCN(c2ccccn2)CC1. The molecule has 4 aromatic rings. The van der Waals surface area contributed by atoms with Crippen molar-refractivity contribution in [3.63, 3.8) is 0 Å². The summed E-state index contributed by atoms with van der Waals surface area (Å²) in [5.74, 6) is 0.993. The smallest absolute Gasteiger partial charge is 0.250 e. The van der Waals surface area contributed by atoms with Crippen LogP contribution in [-0.2, 0) is 4.79 Å². The first kappa shape index (κ1) is 19.4. The predicted molar refractivity (Wildman–Crippen MR) is 123 cm³/mol. The van der Waals surface area contributed by atoms with Gasteiger partial charge in [-0.2, -0.15) is 5.10 Å². The Hall–Kier alpha value is -3.52. The standard InChI is InChI=1S/C23H22N6OS/c30-22(28-14-12-27(13-15-28)20-8-4-5-10-24-20)21(17-6-2-1-3-7-17)29-11-9-19-18(23(29)31)16-25-26-19/h1-11,16,21H,12-15H2,(H,25,26). The highest BCUT2D eigenvalue weighted by Gasteiger charge is 2.30. The fourth-order valence-corrected chi connectivity index (χ4v) is 4.41. The molecule has 1 N–H and O–H groups in total. The second kappa shape index (κ2) is 8.31. The third kappa shape index (κ3) is 3.70. The first-order valence-electron chi connectivity index (χ1n) is 10.3. The normalized spacial score (nSPS) is 15.2. The van der Waals surface area contributed by atoms with Crippen molar-refractivity contribution in [3.8, 4) is 0 Å². The van der Waals surface area contributed by atoms with Gasteiger partial charge in [-0.05, 0) is 23.8 Å². The lowest BCUT2D eigenvalue weighted by atomic mass is 10.0. The molecule has 1 aliphatic rings. The van der Waals surface area contributed by atoms with Crippen molar-refractivity contribution in [1.82, 2.24) is 24.6 Å². The van der Waals surface area contributed by atoms with Gasteiger partial charge in [-0.3, -0.25) is 9.89 Å². The van der Waals surface area contributed by atoms with Crippen molar-refractivity contribution in [2.24, 2.45) is 0 Å². The minimum absolute atomic E-state index is 0.0471. The zero-order chi connectivity index (χ0) is 21.2. The number of nitrogens with zero attached hydrogens (tertiary/aromatic N) is 5. The molecule has 1 amide bonds. The van der Waals surface area contributed by atoms with Gasteiger partial charge in [0.15, 0.2) is 0 Å². The molecule has 8 heteroatoms. The van der Waals surface area contributed by atoms with Crippen molar-refractivity contribution in [2.45, 2.75) is 6.04 Å². The van der Waals surface area contributed by atoms with Crippen LogP contribution in [0.25, 0.3) is 10.9 Å². The Kier molecular flexibility index (Phi) is 5.21. The molecule has 3 aromatic heterocycles. The number of carbonyl (C=O) groups is 1. The van der Waals surface area contributed by atoms with Crippen LogP contribution < -0.4 is 4.90 Å². The summed E-state index contributed by atoms with van der Waals surface area (Å²) >= 11 is 5.74. The lowest BCUT2D eigenvalue weighted by Gasteiger charge is -2.37. The van der Waals surface area contributed by atoms with E-state index in [-0.39, 0.29) is 5.91 Å². The zero-order valence-corrected chi connectivity index (χ0v) is 17.7. The van der Waals surface area contributed by atoms with Crippen LogP contribution in [0, 0.1) is 4.64 Å². The summed E-state index contributed by atoms with van der Waals surface area (Å²) in [6.45, 7) is 2.77. The summed E-state index contributed by atoms with van der Waals surface area (Å²) < 4.78 is 2.48. The Morgan fingerprint density at radius 1 is 1.00 bits per heavy atom. The molecule has 0 aliphatic carbocycles. The average Bonchev–Trinajstić information content (AvgIpc) is 3.32. The predicted octanol–water partition coefficient (Wildman–Crippen LogP) is 3.43. The second-order valence-corrected chi connectivity index (χ2v) is 7.93. The maximum absolute atomic E-state index is 13.8. The third-order valence-corrected chi connectivity index (χ3v) is 6.16. The lowest BCUT2D eigenvalue weighted by Crippen LogP contribution is -2.51. The van der Waals surface area contributed by atoms with E-state index in [4.69, 9.17) is 12.2 Å². The van der Waals surface area contributed by atoms with E-state index in [1.54, 1.807) is 12.4 Å². The fraction of sp³-hybridized carbons (Fsp3) is 0.217. The van der Waals surface area contributed by atoms with Crippen LogP contribution in [-0.4, -0.2) is 56.7 Å². The molecule has 1 atom stereocenters. The number of anilines is 1. The Labute approximate surface area is 184 Å². The van der Waals surface area contributed by atoms with E-state index in [2.05, 4.69) is 20.1 Å². The van der Waals surface area contributed by atoms with Crippen LogP contribution in [0.4, 0.5) is 5.82 Å². The third-order valence-electron chi connectivity index (χ3n) is 5.73. The first-order valence-corrected chi connectivity index (χ1v) is 10.7. The van der Waals surface area contributed by atoms with E-state index in [1.165, 1.54) is 0 Å². The summed E-state index contributed by atoms with van der Waals surface area (Å²) in [7, 11) is 0. The van der Waals surface area contributed by atoms with Gasteiger partial charge in [0, 0.05) is 38.6 Å². The Balaban J connectivity index is 1.45.